The van der Waals surface area contributed by atoms with E-state index in [-0.39, 0.29) is 5.91 Å². The van der Waals surface area contributed by atoms with Crippen LogP contribution in [0.5, 0.6) is 0 Å². The molecule has 0 aromatic carbocycles. The molecule has 0 radical (unpaired) electrons. The molecular weight excluding hydrogens is 433 g/mol. The number of carbonyl (C=O) groups is 1. The van der Waals surface area contributed by atoms with Crippen LogP contribution in [0.15, 0.2) is 27.1 Å². The highest BCUT2D eigenvalue weighted by Gasteiger charge is 2.11. The first kappa shape index (κ1) is 19.8. The summed E-state index contributed by atoms with van der Waals surface area (Å²) in [5, 5.41) is 12.2. The number of amides is 1. The zero-order chi connectivity index (χ0) is 18.5. The Labute approximate surface area is 173 Å². The lowest BCUT2D eigenvalue weighted by molar-refractivity contribution is -0.118. The highest BCUT2D eigenvalue weighted by Crippen LogP contribution is 2.31. The number of hydrogen-bond donors (Lipinski definition) is 1. The fraction of sp³-hybridized carbons (Fsp3) is 0.333. The summed E-state index contributed by atoms with van der Waals surface area (Å²) in [5.41, 5.74) is 1.56. The summed E-state index contributed by atoms with van der Waals surface area (Å²) in [7, 11) is 0. The molecule has 0 atom stereocenters. The van der Waals surface area contributed by atoms with Gasteiger partial charge in [-0.2, -0.15) is 0 Å². The van der Waals surface area contributed by atoms with Crippen molar-refractivity contribution in [3.8, 4) is 0 Å². The average molecular weight is 448 g/mol. The van der Waals surface area contributed by atoms with Gasteiger partial charge < -0.3 is 9.72 Å². The van der Waals surface area contributed by atoms with Crippen molar-refractivity contribution in [3.63, 3.8) is 0 Å². The van der Waals surface area contributed by atoms with Gasteiger partial charge in [0.1, 0.15) is 0 Å². The van der Waals surface area contributed by atoms with E-state index in [1.165, 1.54) is 23.1 Å². The van der Waals surface area contributed by atoms with Gasteiger partial charge >= 0.3 is 0 Å². The zero-order valence-electron chi connectivity index (χ0n) is 13.7. The molecule has 3 rings (SSSR count). The van der Waals surface area contributed by atoms with E-state index in [0.717, 1.165) is 20.8 Å². The Morgan fingerprint density at radius 2 is 2.04 bits per heavy atom. The van der Waals surface area contributed by atoms with Crippen LogP contribution in [0.4, 0.5) is 0 Å². The molecule has 0 aliphatic carbocycles. The third kappa shape index (κ3) is 5.26. The summed E-state index contributed by atoms with van der Waals surface area (Å²) in [5.74, 6) is 1.01. The molecule has 3 aromatic heterocycles. The van der Waals surface area contributed by atoms with Crippen molar-refractivity contribution < 1.29 is 4.79 Å². The van der Waals surface area contributed by atoms with E-state index in [1.54, 1.807) is 24.0 Å². The Kier molecular flexibility index (Phi) is 7.05. The molecule has 0 aliphatic heterocycles. The van der Waals surface area contributed by atoms with Gasteiger partial charge in [-0.05, 0) is 12.5 Å². The molecule has 26 heavy (non-hydrogen) atoms. The van der Waals surface area contributed by atoms with E-state index >= 15 is 0 Å². The van der Waals surface area contributed by atoms with Crippen LogP contribution in [0.3, 0.4) is 0 Å². The van der Waals surface area contributed by atoms with Crippen molar-refractivity contribution in [2.75, 3.05) is 12.3 Å². The highest BCUT2D eigenvalue weighted by atomic mass is 35.5. The summed E-state index contributed by atoms with van der Waals surface area (Å²) in [6.45, 7) is 2.72. The predicted molar refractivity (Wildman–Crippen MR) is 109 cm³/mol. The second-order valence-electron chi connectivity index (χ2n) is 5.23. The number of aromatic nitrogens is 4. The Balaban J connectivity index is 1.55. The molecule has 11 heteroatoms. The Hall–Kier alpha value is -1.000. The second kappa shape index (κ2) is 9.27. The Morgan fingerprint density at radius 3 is 2.81 bits per heavy atom. The molecule has 0 unspecified atom stereocenters. The van der Waals surface area contributed by atoms with Crippen molar-refractivity contribution in [3.05, 3.63) is 34.2 Å². The molecule has 0 fully saturated rings. The molecule has 0 bridgehead atoms. The van der Waals surface area contributed by atoms with Gasteiger partial charge in [-0.3, -0.25) is 4.79 Å². The van der Waals surface area contributed by atoms with Gasteiger partial charge in [-0.1, -0.05) is 65.0 Å². The van der Waals surface area contributed by atoms with E-state index in [9.17, 15) is 4.79 Å². The SMILES string of the molecule is CCCNC(=O)CSc1nnc(SCc2cn3cc(Cl)cc(Cl)c3n2)s1. The van der Waals surface area contributed by atoms with Crippen molar-refractivity contribution in [1.82, 2.24) is 24.9 Å². The Bertz CT molecular complexity index is 914. The van der Waals surface area contributed by atoms with Gasteiger partial charge in [0.15, 0.2) is 14.3 Å². The minimum absolute atomic E-state index is 0.0153. The lowest BCUT2D eigenvalue weighted by Crippen LogP contribution is -2.25. The number of nitrogens with zero attached hydrogens (tertiary/aromatic N) is 4. The molecule has 1 amide bonds. The molecule has 0 saturated heterocycles. The van der Waals surface area contributed by atoms with Crippen LogP contribution in [0.25, 0.3) is 5.65 Å². The fourth-order valence-corrected chi connectivity index (χ4v) is 5.30. The average Bonchev–Trinajstić information content (AvgIpc) is 3.22. The van der Waals surface area contributed by atoms with Crippen molar-refractivity contribution >= 4 is 69.6 Å². The summed E-state index contributed by atoms with van der Waals surface area (Å²) < 4.78 is 3.43. The fourth-order valence-electron chi connectivity index (χ4n) is 2.04. The van der Waals surface area contributed by atoms with Crippen LogP contribution < -0.4 is 5.32 Å². The highest BCUT2D eigenvalue weighted by molar-refractivity contribution is 8.03. The molecule has 138 valence electrons. The minimum atomic E-state index is 0.0153. The van der Waals surface area contributed by atoms with Gasteiger partial charge in [0.05, 0.1) is 21.5 Å². The number of rotatable bonds is 8. The number of carbonyl (C=O) groups excluding carboxylic acids is 1. The molecule has 3 aromatic rings. The van der Waals surface area contributed by atoms with Gasteiger partial charge in [-0.15, -0.1) is 10.2 Å². The number of halogens is 2. The van der Waals surface area contributed by atoms with Crippen molar-refractivity contribution in [2.45, 2.75) is 27.8 Å². The van der Waals surface area contributed by atoms with Crippen molar-refractivity contribution in [1.29, 1.82) is 0 Å². The maximum Gasteiger partial charge on any atom is 0.230 e. The standard InChI is InChI=1S/C15H15Cl2N5OS3/c1-2-3-18-12(23)8-25-15-21-20-14(26-15)24-7-10-6-22-5-9(16)4-11(17)13(22)19-10/h4-6H,2-3,7-8H2,1H3,(H,18,23). The number of nitrogens with one attached hydrogen (secondary N) is 1. The number of thioether (sulfide) groups is 2. The van der Waals surface area contributed by atoms with Gasteiger partial charge in [0.25, 0.3) is 0 Å². The van der Waals surface area contributed by atoms with Crippen LogP contribution in [0.1, 0.15) is 19.0 Å². The summed E-state index contributed by atoms with van der Waals surface area (Å²) in [6.07, 6.45) is 4.60. The van der Waals surface area contributed by atoms with Crippen molar-refractivity contribution in [2.24, 2.45) is 0 Å². The van der Waals surface area contributed by atoms with Gasteiger partial charge in [0.2, 0.25) is 5.91 Å². The summed E-state index contributed by atoms with van der Waals surface area (Å²) in [4.78, 5) is 16.1. The molecule has 0 saturated carbocycles. The number of pyridine rings is 1. The first-order chi connectivity index (χ1) is 12.5. The topological polar surface area (TPSA) is 72.2 Å². The number of fused-ring (bicyclic) bond motifs is 1. The van der Waals surface area contributed by atoms with E-state index in [1.807, 2.05) is 17.5 Å². The lowest BCUT2D eigenvalue weighted by Gasteiger charge is -2.00. The van der Waals surface area contributed by atoms with E-state index < -0.39 is 0 Å². The van der Waals surface area contributed by atoms with Crippen LogP contribution in [0, 0.1) is 0 Å². The van der Waals surface area contributed by atoms with E-state index in [0.29, 0.717) is 33.7 Å². The predicted octanol–water partition coefficient (Wildman–Crippen LogP) is 4.40. The maximum absolute atomic E-state index is 11.6. The van der Waals surface area contributed by atoms with Crippen LogP contribution in [-0.4, -0.2) is 37.8 Å². The molecule has 0 aliphatic rings. The van der Waals surface area contributed by atoms with Crippen LogP contribution in [-0.2, 0) is 10.5 Å². The Morgan fingerprint density at radius 1 is 1.27 bits per heavy atom. The molecule has 3 heterocycles. The zero-order valence-corrected chi connectivity index (χ0v) is 17.7. The third-order valence-electron chi connectivity index (χ3n) is 3.15. The third-order valence-corrected chi connectivity index (χ3v) is 6.86. The summed E-state index contributed by atoms with van der Waals surface area (Å²) in [6, 6.07) is 1.67. The molecule has 1 N–H and O–H groups in total. The van der Waals surface area contributed by atoms with Crippen LogP contribution in [0.2, 0.25) is 10.0 Å². The van der Waals surface area contributed by atoms with E-state index in [4.69, 9.17) is 23.2 Å². The first-order valence-corrected chi connectivity index (χ1v) is 11.3. The minimum Gasteiger partial charge on any atom is -0.355 e. The first-order valence-electron chi connectivity index (χ1n) is 7.73. The molecule has 6 nitrogen and oxygen atoms in total. The lowest BCUT2D eigenvalue weighted by atomic mass is 10.5. The monoisotopic (exact) mass is 447 g/mol. The molecular formula is C15H15Cl2N5OS3. The van der Waals surface area contributed by atoms with E-state index in [2.05, 4.69) is 20.5 Å². The summed E-state index contributed by atoms with van der Waals surface area (Å²) >= 11 is 16.6. The largest absolute Gasteiger partial charge is 0.355 e. The maximum atomic E-state index is 11.6. The quantitative estimate of drug-likeness (QED) is 0.515. The van der Waals surface area contributed by atoms with Gasteiger partial charge in [0, 0.05) is 24.7 Å². The second-order valence-corrected chi connectivity index (χ2v) is 9.50. The number of hydrogen-bond acceptors (Lipinski definition) is 7. The molecule has 0 spiro atoms. The number of imidazole rings is 1. The van der Waals surface area contributed by atoms with Crippen LogP contribution >= 0.6 is 58.1 Å². The smallest absolute Gasteiger partial charge is 0.230 e. The normalized spacial score (nSPS) is 11.2. The van der Waals surface area contributed by atoms with Gasteiger partial charge in [-0.25, -0.2) is 4.98 Å².